The Morgan fingerprint density at radius 3 is 2.47 bits per heavy atom. The van der Waals surface area contributed by atoms with Gasteiger partial charge >= 0.3 is 0 Å². The zero-order chi connectivity index (χ0) is 24.8. The highest BCUT2D eigenvalue weighted by molar-refractivity contribution is 9.10. The van der Waals surface area contributed by atoms with Crippen LogP contribution in [-0.2, 0) is 9.59 Å². The highest BCUT2D eigenvalue weighted by Gasteiger charge is 2.35. The van der Waals surface area contributed by atoms with E-state index < -0.39 is 11.8 Å². The average Bonchev–Trinajstić information content (AvgIpc) is 2.75. The minimum absolute atomic E-state index is 0.0547. The van der Waals surface area contributed by atoms with E-state index in [9.17, 15) is 9.59 Å². The van der Waals surface area contributed by atoms with E-state index in [-0.39, 0.29) is 16.2 Å². The van der Waals surface area contributed by atoms with Gasteiger partial charge in [0.15, 0.2) is 5.11 Å². The van der Waals surface area contributed by atoms with Crippen LogP contribution in [0.15, 0.2) is 52.5 Å². The minimum Gasteiger partial charge on any atom is -0.362 e. The van der Waals surface area contributed by atoms with Crippen molar-refractivity contribution in [3.63, 3.8) is 0 Å². The van der Waals surface area contributed by atoms with E-state index in [0.29, 0.717) is 5.69 Å². The molecule has 0 aromatic heterocycles. The third kappa shape index (κ3) is 4.34. The maximum absolute atomic E-state index is 13.4. The number of amides is 2. The second kappa shape index (κ2) is 9.12. The van der Waals surface area contributed by atoms with Crippen LogP contribution in [0.5, 0.6) is 0 Å². The van der Waals surface area contributed by atoms with Gasteiger partial charge in [0.25, 0.3) is 11.8 Å². The average molecular weight is 539 g/mol. The van der Waals surface area contributed by atoms with Crippen LogP contribution in [0.1, 0.15) is 50.8 Å². The van der Waals surface area contributed by atoms with Crippen molar-refractivity contribution < 1.29 is 9.59 Å². The van der Waals surface area contributed by atoms with E-state index in [4.69, 9.17) is 12.2 Å². The van der Waals surface area contributed by atoms with E-state index in [1.165, 1.54) is 16.2 Å². The predicted molar refractivity (Wildman–Crippen MR) is 147 cm³/mol. The fourth-order valence-electron chi connectivity index (χ4n) is 4.74. The number of anilines is 2. The molecule has 2 aromatic carbocycles. The first-order valence-electron chi connectivity index (χ1n) is 11.3. The molecule has 1 fully saturated rings. The Kier molecular flexibility index (Phi) is 6.53. The Hall–Kier alpha value is -2.77. The van der Waals surface area contributed by atoms with Gasteiger partial charge < -0.3 is 4.90 Å². The molecule has 0 atom stereocenters. The molecule has 0 unspecified atom stereocenters. The van der Waals surface area contributed by atoms with Crippen LogP contribution in [0.2, 0.25) is 0 Å². The van der Waals surface area contributed by atoms with Gasteiger partial charge in [0.05, 0.1) is 11.2 Å². The Morgan fingerprint density at radius 2 is 1.79 bits per heavy atom. The van der Waals surface area contributed by atoms with Gasteiger partial charge in [0.2, 0.25) is 0 Å². The van der Waals surface area contributed by atoms with Crippen LogP contribution in [0.25, 0.3) is 11.6 Å². The molecule has 0 aliphatic carbocycles. The Balaban J connectivity index is 1.75. The Bertz CT molecular complexity index is 1280. The summed E-state index contributed by atoms with van der Waals surface area (Å²) in [5, 5.41) is 2.76. The highest BCUT2D eigenvalue weighted by Crippen LogP contribution is 2.39. The molecule has 2 aliphatic heterocycles. The normalized spacial score (nSPS) is 18.7. The maximum atomic E-state index is 13.4. The van der Waals surface area contributed by atoms with Crippen molar-refractivity contribution >= 4 is 68.1 Å². The van der Waals surface area contributed by atoms with Crippen LogP contribution < -0.4 is 15.1 Å². The van der Waals surface area contributed by atoms with Gasteiger partial charge in [0.1, 0.15) is 5.57 Å². The summed E-state index contributed by atoms with van der Waals surface area (Å²) in [6.45, 7) is 11.6. The molecule has 2 aliphatic rings. The van der Waals surface area contributed by atoms with Crippen molar-refractivity contribution in [3.8, 4) is 0 Å². The number of halogens is 1. The number of allylic oxidation sites excluding steroid dienone is 1. The van der Waals surface area contributed by atoms with E-state index in [1.807, 2.05) is 31.2 Å². The standard InChI is InChI=1S/C27H28BrN3O2S/c1-6-11-30-23-9-7-18(13-20(23)17(3)15-27(30,4)5)14-21-24(32)29-26(34)31(25(21)33)22-10-8-19(28)12-16(22)2/h7-10,12-15H,6,11H2,1-5H3,(H,29,32,34)/b21-14-. The minimum atomic E-state index is -0.486. The van der Waals surface area contributed by atoms with Crippen LogP contribution in [0.4, 0.5) is 11.4 Å². The van der Waals surface area contributed by atoms with Gasteiger partial charge in [-0.1, -0.05) is 35.0 Å². The van der Waals surface area contributed by atoms with E-state index in [2.05, 4.69) is 72.1 Å². The summed E-state index contributed by atoms with van der Waals surface area (Å²) in [7, 11) is 0. The van der Waals surface area contributed by atoms with Crippen molar-refractivity contribution in [3.05, 3.63) is 69.2 Å². The van der Waals surface area contributed by atoms with Crippen LogP contribution >= 0.6 is 28.1 Å². The molecule has 176 valence electrons. The molecule has 2 amide bonds. The summed E-state index contributed by atoms with van der Waals surface area (Å²) in [4.78, 5) is 30.0. The van der Waals surface area contributed by atoms with E-state index in [1.54, 1.807) is 6.08 Å². The van der Waals surface area contributed by atoms with Crippen molar-refractivity contribution in [2.45, 2.75) is 46.6 Å². The fraction of sp³-hybridized carbons (Fsp3) is 0.296. The number of fused-ring (bicyclic) bond motifs is 1. The number of hydrogen-bond donors (Lipinski definition) is 1. The van der Waals surface area contributed by atoms with Crippen LogP contribution in [0.3, 0.4) is 0 Å². The molecule has 2 heterocycles. The Morgan fingerprint density at radius 1 is 1.09 bits per heavy atom. The number of thiocarbonyl (C=S) groups is 1. The summed E-state index contributed by atoms with van der Waals surface area (Å²) in [6.07, 6.45) is 4.97. The van der Waals surface area contributed by atoms with Gasteiger partial charge in [0, 0.05) is 22.3 Å². The molecule has 0 radical (unpaired) electrons. The number of nitrogens with zero attached hydrogens (tertiary/aromatic N) is 2. The summed E-state index contributed by atoms with van der Waals surface area (Å²) < 4.78 is 0.904. The number of carbonyl (C=O) groups is 2. The number of aryl methyl sites for hydroxylation is 1. The largest absolute Gasteiger partial charge is 0.362 e. The van der Waals surface area contributed by atoms with Gasteiger partial charge in [-0.2, -0.15) is 0 Å². The number of carbonyl (C=O) groups excluding carboxylic acids is 2. The van der Waals surface area contributed by atoms with Crippen LogP contribution in [0, 0.1) is 6.92 Å². The molecule has 2 aromatic rings. The lowest BCUT2D eigenvalue weighted by Gasteiger charge is -2.43. The topological polar surface area (TPSA) is 52.7 Å². The van der Waals surface area contributed by atoms with Crippen molar-refractivity contribution in [2.24, 2.45) is 0 Å². The van der Waals surface area contributed by atoms with Crippen molar-refractivity contribution in [2.75, 3.05) is 16.3 Å². The second-order valence-electron chi connectivity index (χ2n) is 9.30. The van der Waals surface area contributed by atoms with Gasteiger partial charge in [-0.05, 0) is 99.4 Å². The first-order valence-corrected chi connectivity index (χ1v) is 12.5. The highest BCUT2D eigenvalue weighted by atomic mass is 79.9. The first kappa shape index (κ1) is 24.4. The van der Waals surface area contributed by atoms with Crippen molar-refractivity contribution in [1.82, 2.24) is 5.32 Å². The number of hydrogen-bond acceptors (Lipinski definition) is 4. The quantitative estimate of drug-likeness (QED) is 0.295. The maximum Gasteiger partial charge on any atom is 0.270 e. The zero-order valence-corrected chi connectivity index (χ0v) is 22.4. The third-order valence-electron chi connectivity index (χ3n) is 6.26. The lowest BCUT2D eigenvalue weighted by atomic mass is 9.87. The summed E-state index contributed by atoms with van der Waals surface area (Å²) in [6, 6.07) is 11.7. The zero-order valence-electron chi connectivity index (χ0n) is 20.0. The lowest BCUT2D eigenvalue weighted by molar-refractivity contribution is -0.122. The summed E-state index contributed by atoms with van der Waals surface area (Å²) >= 11 is 8.80. The molecule has 0 spiro atoms. The number of nitrogens with one attached hydrogen (secondary N) is 1. The molecule has 7 heteroatoms. The van der Waals surface area contributed by atoms with Gasteiger partial charge in [-0.15, -0.1) is 0 Å². The first-order chi connectivity index (χ1) is 16.0. The second-order valence-corrected chi connectivity index (χ2v) is 10.6. The predicted octanol–water partition coefficient (Wildman–Crippen LogP) is 6.00. The molecule has 0 saturated carbocycles. The molecule has 1 N–H and O–H groups in total. The SMILES string of the molecule is CCCN1c2ccc(/C=C3/C(=O)NC(=S)N(c4ccc(Br)cc4C)C3=O)cc2C(C)=CC1(C)C. The third-order valence-corrected chi connectivity index (χ3v) is 7.04. The molecular weight excluding hydrogens is 510 g/mol. The Labute approximate surface area is 214 Å². The smallest absolute Gasteiger partial charge is 0.270 e. The molecular formula is C27H28BrN3O2S. The van der Waals surface area contributed by atoms with Gasteiger partial charge in [-0.25, -0.2) is 0 Å². The fourth-order valence-corrected chi connectivity index (χ4v) is 5.48. The monoisotopic (exact) mass is 537 g/mol. The van der Waals surface area contributed by atoms with E-state index in [0.717, 1.165) is 34.1 Å². The molecule has 4 rings (SSSR count). The molecule has 0 bridgehead atoms. The lowest BCUT2D eigenvalue weighted by Crippen LogP contribution is -2.54. The molecule has 1 saturated heterocycles. The number of rotatable bonds is 4. The van der Waals surface area contributed by atoms with Crippen molar-refractivity contribution in [1.29, 1.82) is 0 Å². The van der Waals surface area contributed by atoms with Crippen LogP contribution in [-0.4, -0.2) is 29.0 Å². The molecule has 5 nitrogen and oxygen atoms in total. The number of benzene rings is 2. The summed E-state index contributed by atoms with van der Waals surface area (Å²) in [5.74, 6) is -0.919. The molecule has 34 heavy (non-hydrogen) atoms. The van der Waals surface area contributed by atoms with Gasteiger partial charge in [-0.3, -0.25) is 19.8 Å². The van der Waals surface area contributed by atoms with E-state index >= 15 is 0 Å². The summed E-state index contributed by atoms with van der Waals surface area (Å²) in [5.41, 5.74) is 5.74.